The predicted octanol–water partition coefficient (Wildman–Crippen LogP) is 2.37. The summed E-state index contributed by atoms with van der Waals surface area (Å²) in [7, 11) is 0. The third-order valence-corrected chi connectivity index (χ3v) is 5.22. The molecule has 1 aliphatic carbocycles. The second kappa shape index (κ2) is 8.50. The zero-order valence-corrected chi connectivity index (χ0v) is 14.9. The van der Waals surface area contributed by atoms with Crippen molar-refractivity contribution in [2.24, 2.45) is 5.92 Å². The summed E-state index contributed by atoms with van der Waals surface area (Å²) in [6, 6.07) is 8.71. The summed E-state index contributed by atoms with van der Waals surface area (Å²) in [5.41, 5.74) is 2.51. The van der Waals surface area contributed by atoms with Crippen molar-refractivity contribution in [2.45, 2.75) is 38.3 Å². The SMILES string of the molecule is Cc1ccc(C(CNC(=O)N[C@@H]2C=C[C@H](CO)C2)N2CCCC2)cc1. The summed E-state index contributed by atoms with van der Waals surface area (Å²) in [5.74, 6) is 0.162. The Hall–Kier alpha value is -1.85. The Balaban J connectivity index is 1.56. The number of nitrogens with one attached hydrogen (secondary N) is 2. The number of aryl methyl sites for hydroxylation is 1. The molecule has 1 aromatic rings. The summed E-state index contributed by atoms with van der Waals surface area (Å²) >= 11 is 0. The Morgan fingerprint density at radius 3 is 2.60 bits per heavy atom. The number of hydrogen-bond acceptors (Lipinski definition) is 3. The number of aliphatic hydroxyl groups excluding tert-OH is 1. The molecule has 1 unspecified atom stereocenters. The first-order chi connectivity index (χ1) is 12.2. The van der Waals surface area contributed by atoms with Crippen molar-refractivity contribution < 1.29 is 9.90 Å². The highest BCUT2D eigenvalue weighted by atomic mass is 16.3. The van der Waals surface area contributed by atoms with E-state index in [0.29, 0.717) is 6.54 Å². The molecule has 1 saturated heterocycles. The fourth-order valence-corrected chi connectivity index (χ4v) is 3.73. The van der Waals surface area contributed by atoms with Crippen LogP contribution in [0.15, 0.2) is 36.4 Å². The highest BCUT2D eigenvalue weighted by Crippen LogP contribution is 2.25. The fourth-order valence-electron chi connectivity index (χ4n) is 3.73. The van der Waals surface area contributed by atoms with E-state index < -0.39 is 0 Å². The molecule has 0 saturated carbocycles. The zero-order valence-electron chi connectivity index (χ0n) is 14.9. The Morgan fingerprint density at radius 2 is 1.96 bits per heavy atom. The molecule has 0 radical (unpaired) electrons. The number of likely N-dealkylation sites (tertiary alicyclic amines) is 1. The Kier molecular flexibility index (Phi) is 6.10. The first-order valence-electron chi connectivity index (χ1n) is 9.30. The molecular formula is C20H29N3O2. The number of amides is 2. The zero-order chi connectivity index (χ0) is 17.6. The van der Waals surface area contributed by atoms with Crippen molar-refractivity contribution in [1.82, 2.24) is 15.5 Å². The van der Waals surface area contributed by atoms with Crippen molar-refractivity contribution in [1.29, 1.82) is 0 Å². The molecular weight excluding hydrogens is 314 g/mol. The molecule has 1 aromatic carbocycles. The van der Waals surface area contributed by atoms with Crippen LogP contribution in [0.4, 0.5) is 4.79 Å². The summed E-state index contributed by atoms with van der Waals surface area (Å²) in [6.45, 7) is 5.02. The van der Waals surface area contributed by atoms with Crippen LogP contribution in [0.1, 0.15) is 36.4 Å². The van der Waals surface area contributed by atoms with Crippen molar-refractivity contribution in [3.05, 3.63) is 47.5 Å². The van der Waals surface area contributed by atoms with Gasteiger partial charge in [-0.15, -0.1) is 0 Å². The van der Waals surface area contributed by atoms with Crippen molar-refractivity contribution in [2.75, 3.05) is 26.2 Å². The van der Waals surface area contributed by atoms with Gasteiger partial charge in [0.2, 0.25) is 0 Å². The third kappa shape index (κ3) is 4.83. The number of urea groups is 1. The lowest BCUT2D eigenvalue weighted by molar-refractivity contribution is 0.217. The van der Waals surface area contributed by atoms with Gasteiger partial charge in [-0.25, -0.2) is 4.79 Å². The molecule has 1 aliphatic heterocycles. The number of carbonyl (C=O) groups is 1. The van der Waals surface area contributed by atoms with Crippen LogP contribution < -0.4 is 10.6 Å². The Bertz CT molecular complexity index is 593. The van der Waals surface area contributed by atoms with Crippen LogP contribution in [0.5, 0.6) is 0 Å². The number of rotatable bonds is 6. The lowest BCUT2D eigenvalue weighted by Gasteiger charge is -2.28. The van der Waals surface area contributed by atoms with E-state index >= 15 is 0 Å². The van der Waals surface area contributed by atoms with E-state index in [4.69, 9.17) is 0 Å². The number of nitrogens with zero attached hydrogens (tertiary/aromatic N) is 1. The first kappa shape index (κ1) is 18.0. The van der Waals surface area contributed by atoms with Crippen LogP contribution in [-0.4, -0.2) is 48.3 Å². The van der Waals surface area contributed by atoms with Crippen LogP contribution in [0.3, 0.4) is 0 Å². The van der Waals surface area contributed by atoms with Gasteiger partial charge in [0.25, 0.3) is 0 Å². The molecule has 0 aromatic heterocycles. The molecule has 3 atom stereocenters. The molecule has 2 aliphatic rings. The van der Waals surface area contributed by atoms with Gasteiger partial charge in [0, 0.05) is 25.1 Å². The maximum Gasteiger partial charge on any atom is 0.315 e. The summed E-state index contributed by atoms with van der Waals surface area (Å²) in [4.78, 5) is 14.7. The normalized spacial score (nSPS) is 24.4. The third-order valence-electron chi connectivity index (χ3n) is 5.22. The number of hydrogen-bond donors (Lipinski definition) is 3. The van der Waals surface area contributed by atoms with Gasteiger partial charge in [-0.3, -0.25) is 4.90 Å². The lowest BCUT2D eigenvalue weighted by Crippen LogP contribution is -2.44. The summed E-state index contributed by atoms with van der Waals surface area (Å²) in [6.07, 6.45) is 7.17. The maximum absolute atomic E-state index is 12.3. The monoisotopic (exact) mass is 343 g/mol. The van der Waals surface area contributed by atoms with Crippen LogP contribution in [0.2, 0.25) is 0 Å². The standard InChI is InChI=1S/C20H29N3O2/c1-15-4-7-17(8-5-15)19(23-10-2-3-11-23)13-21-20(25)22-18-9-6-16(12-18)14-24/h4-9,16,18-19,24H,2-3,10-14H2,1H3,(H2,21,22,25)/t16-,18+,19?/m0/s1. The van der Waals surface area contributed by atoms with Crippen LogP contribution in [-0.2, 0) is 0 Å². The summed E-state index contributed by atoms with van der Waals surface area (Å²) in [5, 5.41) is 15.2. The molecule has 1 heterocycles. The van der Waals surface area contributed by atoms with E-state index in [-0.39, 0.29) is 30.6 Å². The van der Waals surface area contributed by atoms with E-state index in [1.54, 1.807) is 0 Å². The minimum atomic E-state index is -0.135. The first-order valence-corrected chi connectivity index (χ1v) is 9.30. The lowest BCUT2D eigenvalue weighted by atomic mass is 10.0. The van der Waals surface area contributed by atoms with E-state index in [9.17, 15) is 9.90 Å². The van der Waals surface area contributed by atoms with Crippen LogP contribution in [0.25, 0.3) is 0 Å². The minimum Gasteiger partial charge on any atom is -0.396 e. The van der Waals surface area contributed by atoms with E-state index in [1.165, 1.54) is 24.0 Å². The number of aliphatic hydroxyl groups is 1. The van der Waals surface area contributed by atoms with Crippen LogP contribution in [0, 0.1) is 12.8 Å². The van der Waals surface area contributed by atoms with Gasteiger partial charge < -0.3 is 15.7 Å². The Labute approximate surface area is 150 Å². The minimum absolute atomic E-state index is 0.0155. The molecule has 0 spiro atoms. The molecule has 5 nitrogen and oxygen atoms in total. The highest BCUT2D eigenvalue weighted by molar-refractivity contribution is 5.74. The van der Waals surface area contributed by atoms with E-state index in [0.717, 1.165) is 19.5 Å². The molecule has 2 amide bonds. The van der Waals surface area contributed by atoms with E-state index in [1.807, 2.05) is 12.2 Å². The average Bonchev–Trinajstić information content (AvgIpc) is 3.28. The Morgan fingerprint density at radius 1 is 1.24 bits per heavy atom. The summed E-state index contributed by atoms with van der Waals surface area (Å²) < 4.78 is 0. The van der Waals surface area contributed by atoms with Gasteiger partial charge >= 0.3 is 6.03 Å². The van der Waals surface area contributed by atoms with Crippen molar-refractivity contribution in [3.8, 4) is 0 Å². The molecule has 3 N–H and O–H groups in total. The van der Waals surface area contributed by atoms with Crippen molar-refractivity contribution in [3.63, 3.8) is 0 Å². The maximum atomic E-state index is 12.3. The van der Waals surface area contributed by atoms with Gasteiger partial charge in [0.05, 0.1) is 6.04 Å². The van der Waals surface area contributed by atoms with Crippen LogP contribution >= 0.6 is 0 Å². The number of benzene rings is 1. The largest absolute Gasteiger partial charge is 0.396 e. The second-order valence-electron chi connectivity index (χ2n) is 7.19. The second-order valence-corrected chi connectivity index (χ2v) is 7.19. The molecule has 3 rings (SSSR count). The van der Waals surface area contributed by atoms with Gasteiger partial charge in [-0.1, -0.05) is 42.0 Å². The number of carbonyl (C=O) groups excluding carboxylic acids is 1. The fraction of sp³-hybridized carbons (Fsp3) is 0.550. The molecule has 5 heteroatoms. The van der Waals surface area contributed by atoms with Gasteiger partial charge in [-0.2, -0.15) is 0 Å². The van der Waals surface area contributed by atoms with Gasteiger partial charge in [-0.05, 0) is 44.8 Å². The van der Waals surface area contributed by atoms with E-state index in [2.05, 4.69) is 46.7 Å². The molecule has 136 valence electrons. The highest BCUT2D eigenvalue weighted by Gasteiger charge is 2.25. The molecule has 25 heavy (non-hydrogen) atoms. The van der Waals surface area contributed by atoms with Gasteiger partial charge in [0.15, 0.2) is 0 Å². The molecule has 1 fully saturated rings. The quantitative estimate of drug-likeness (QED) is 0.695. The topological polar surface area (TPSA) is 64.6 Å². The van der Waals surface area contributed by atoms with Gasteiger partial charge in [0.1, 0.15) is 0 Å². The molecule has 0 bridgehead atoms. The predicted molar refractivity (Wildman–Crippen MR) is 99.4 cm³/mol. The van der Waals surface area contributed by atoms with Crippen molar-refractivity contribution >= 4 is 6.03 Å². The smallest absolute Gasteiger partial charge is 0.315 e. The average molecular weight is 343 g/mol.